The van der Waals surface area contributed by atoms with Crippen LogP contribution in [-0.4, -0.2) is 18.1 Å². The highest BCUT2D eigenvalue weighted by molar-refractivity contribution is 4.98. The predicted octanol–water partition coefficient (Wildman–Crippen LogP) is 2.82. The van der Waals surface area contributed by atoms with Crippen LogP contribution < -0.4 is 11.1 Å². The first-order chi connectivity index (χ1) is 7.74. The van der Waals surface area contributed by atoms with E-state index in [0.29, 0.717) is 0 Å². The molecule has 0 radical (unpaired) electrons. The topological polar surface area (TPSA) is 38.0 Å². The molecule has 94 valence electrons. The van der Waals surface area contributed by atoms with Crippen molar-refractivity contribution >= 4 is 0 Å². The summed E-state index contributed by atoms with van der Waals surface area (Å²) in [5.74, 6) is 0.863. The maximum atomic E-state index is 6.02. The van der Waals surface area contributed by atoms with E-state index in [1.54, 1.807) is 0 Å². The van der Waals surface area contributed by atoms with Gasteiger partial charge in [-0.3, -0.25) is 0 Å². The molecular formula is C14H28N2. The van der Waals surface area contributed by atoms with Crippen LogP contribution in [0.3, 0.4) is 0 Å². The molecule has 0 aromatic rings. The Balaban J connectivity index is 1.90. The van der Waals surface area contributed by atoms with Crippen molar-refractivity contribution < 1.29 is 0 Å². The van der Waals surface area contributed by atoms with Crippen molar-refractivity contribution in [3.8, 4) is 0 Å². The molecule has 0 aromatic heterocycles. The minimum Gasteiger partial charge on any atom is -0.329 e. The Bertz CT molecular complexity index is 209. The van der Waals surface area contributed by atoms with Crippen LogP contribution in [0.25, 0.3) is 0 Å². The summed E-state index contributed by atoms with van der Waals surface area (Å²) >= 11 is 0. The number of rotatable bonds is 3. The monoisotopic (exact) mass is 224 g/mol. The third-order valence-corrected chi connectivity index (χ3v) is 4.61. The average Bonchev–Trinajstić information content (AvgIpc) is 2.51. The van der Waals surface area contributed by atoms with Gasteiger partial charge in [-0.2, -0.15) is 0 Å². The molecule has 2 unspecified atom stereocenters. The molecule has 2 fully saturated rings. The maximum Gasteiger partial charge on any atom is 0.0309 e. The molecule has 2 nitrogen and oxygen atoms in total. The Labute approximate surface area is 100 Å². The summed E-state index contributed by atoms with van der Waals surface area (Å²) in [5.41, 5.74) is 6.31. The highest BCUT2D eigenvalue weighted by Gasteiger charge is 2.37. The molecule has 0 heterocycles. The fourth-order valence-electron chi connectivity index (χ4n) is 3.63. The minimum atomic E-state index is 0.286. The quantitative estimate of drug-likeness (QED) is 0.723. The summed E-state index contributed by atoms with van der Waals surface area (Å²) in [4.78, 5) is 0. The van der Waals surface area contributed by atoms with Crippen LogP contribution in [-0.2, 0) is 0 Å². The van der Waals surface area contributed by atoms with E-state index in [-0.39, 0.29) is 5.54 Å². The van der Waals surface area contributed by atoms with E-state index >= 15 is 0 Å². The lowest BCUT2D eigenvalue weighted by Crippen LogP contribution is -2.53. The van der Waals surface area contributed by atoms with Crippen molar-refractivity contribution in [2.24, 2.45) is 11.7 Å². The van der Waals surface area contributed by atoms with E-state index in [1.165, 1.54) is 57.8 Å². The number of nitrogens with one attached hydrogen (secondary N) is 1. The van der Waals surface area contributed by atoms with Gasteiger partial charge in [-0.1, -0.05) is 32.6 Å². The van der Waals surface area contributed by atoms with Crippen LogP contribution in [0.4, 0.5) is 0 Å². The van der Waals surface area contributed by atoms with Crippen molar-refractivity contribution in [2.75, 3.05) is 6.54 Å². The fraction of sp³-hybridized carbons (Fsp3) is 1.00. The van der Waals surface area contributed by atoms with E-state index in [1.807, 2.05) is 0 Å². The van der Waals surface area contributed by atoms with Gasteiger partial charge in [-0.25, -0.2) is 0 Å². The zero-order valence-electron chi connectivity index (χ0n) is 10.8. The summed E-state index contributed by atoms with van der Waals surface area (Å²) in [6.07, 6.45) is 12.4. The molecule has 0 spiro atoms. The molecule has 2 heteroatoms. The Hall–Kier alpha value is -0.0800. The fourth-order valence-corrected chi connectivity index (χ4v) is 3.63. The zero-order valence-corrected chi connectivity index (χ0v) is 10.8. The number of hydrogen-bond donors (Lipinski definition) is 2. The van der Waals surface area contributed by atoms with Crippen LogP contribution in [0.5, 0.6) is 0 Å². The highest BCUT2D eigenvalue weighted by atomic mass is 15.0. The molecule has 0 saturated heterocycles. The molecule has 0 aliphatic heterocycles. The molecule has 2 aliphatic rings. The first kappa shape index (κ1) is 12.4. The summed E-state index contributed by atoms with van der Waals surface area (Å²) in [5, 5.41) is 3.93. The van der Waals surface area contributed by atoms with Crippen LogP contribution in [0.2, 0.25) is 0 Å². The lowest BCUT2D eigenvalue weighted by atomic mass is 9.93. The average molecular weight is 224 g/mol. The Morgan fingerprint density at radius 2 is 1.81 bits per heavy atom. The van der Waals surface area contributed by atoms with E-state index in [2.05, 4.69) is 12.2 Å². The van der Waals surface area contributed by atoms with E-state index in [0.717, 1.165) is 18.5 Å². The van der Waals surface area contributed by atoms with Crippen LogP contribution in [0.1, 0.15) is 64.7 Å². The Kier molecular flexibility index (Phi) is 4.26. The Morgan fingerprint density at radius 3 is 2.31 bits per heavy atom. The maximum absolute atomic E-state index is 6.02. The van der Waals surface area contributed by atoms with Crippen LogP contribution in [0.15, 0.2) is 0 Å². The first-order valence-electron chi connectivity index (χ1n) is 7.22. The molecule has 16 heavy (non-hydrogen) atoms. The van der Waals surface area contributed by atoms with Crippen LogP contribution in [0, 0.1) is 5.92 Å². The lowest BCUT2D eigenvalue weighted by molar-refractivity contribution is 0.274. The highest BCUT2D eigenvalue weighted by Crippen LogP contribution is 2.35. The van der Waals surface area contributed by atoms with Crippen molar-refractivity contribution in [3.05, 3.63) is 0 Å². The third-order valence-electron chi connectivity index (χ3n) is 4.61. The standard InChI is InChI=1S/C14H28N2/c1-12-8-9-14(10-12,11-15)16-13-6-4-2-3-5-7-13/h12-13,16H,2-11,15H2,1H3. The van der Waals surface area contributed by atoms with Gasteiger partial charge in [0.15, 0.2) is 0 Å². The van der Waals surface area contributed by atoms with Crippen molar-refractivity contribution in [1.29, 1.82) is 0 Å². The molecule has 0 amide bonds. The molecule has 0 bridgehead atoms. The summed E-state index contributed by atoms with van der Waals surface area (Å²) < 4.78 is 0. The molecule has 2 atom stereocenters. The summed E-state index contributed by atoms with van der Waals surface area (Å²) in [6.45, 7) is 3.19. The van der Waals surface area contributed by atoms with Gasteiger partial charge in [0.2, 0.25) is 0 Å². The molecular weight excluding hydrogens is 196 g/mol. The Morgan fingerprint density at radius 1 is 1.12 bits per heavy atom. The summed E-state index contributed by atoms with van der Waals surface area (Å²) in [6, 6.07) is 0.747. The molecule has 3 N–H and O–H groups in total. The number of hydrogen-bond acceptors (Lipinski definition) is 2. The number of nitrogens with two attached hydrogens (primary N) is 1. The van der Waals surface area contributed by atoms with Crippen molar-refractivity contribution in [1.82, 2.24) is 5.32 Å². The van der Waals surface area contributed by atoms with E-state index < -0.39 is 0 Å². The van der Waals surface area contributed by atoms with Gasteiger partial charge in [0, 0.05) is 18.1 Å². The smallest absolute Gasteiger partial charge is 0.0309 e. The van der Waals surface area contributed by atoms with Gasteiger partial charge < -0.3 is 11.1 Å². The van der Waals surface area contributed by atoms with Gasteiger partial charge >= 0.3 is 0 Å². The van der Waals surface area contributed by atoms with E-state index in [4.69, 9.17) is 5.73 Å². The van der Waals surface area contributed by atoms with E-state index in [9.17, 15) is 0 Å². The molecule has 2 saturated carbocycles. The predicted molar refractivity (Wildman–Crippen MR) is 69.4 cm³/mol. The second-order valence-corrected chi connectivity index (χ2v) is 6.17. The van der Waals surface area contributed by atoms with Gasteiger partial charge in [0.1, 0.15) is 0 Å². The molecule has 0 aromatic carbocycles. The largest absolute Gasteiger partial charge is 0.329 e. The normalized spacial score (nSPS) is 37.5. The SMILES string of the molecule is CC1CCC(CN)(NC2CCCCCC2)C1. The van der Waals surface area contributed by atoms with Gasteiger partial charge in [-0.15, -0.1) is 0 Å². The van der Waals surface area contributed by atoms with Gasteiger partial charge in [-0.05, 0) is 38.0 Å². The van der Waals surface area contributed by atoms with Crippen LogP contribution >= 0.6 is 0 Å². The third kappa shape index (κ3) is 2.98. The summed E-state index contributed by atoms with van der Waals surface area (Å²) in [7, 11) is 0. The molecule has 2 rings (SSSR count). The first-order valence-corrected chi connectivity index (χ1v) is 7.22. The van der Waals surface area contributed by atoms with Gasteiger partial charge in [0.05, 0.1) is 0 Å². The zero-order chi connectivity index (χ0) is 11.4. The van der Waals surface area contributed by atoms with Gasteiger partial charge in [0.25, 0.3) is 0 Å². The molecule has 2 aliphatic carbocycles. The lowest BCUT2D eigenvalue weighted by Gasteiger charge is -2.34. The van der Waals surface area contributed by atoms with Crippen molar-refractivity contribution in [3.63, 3.8) is 0 Å². The van der Waals surface area contributed by atoms with Crippen molar-refractivity contribution in [2.45, 2.75) is 76.3 Å². The second-order valence-electron chi connectivity index (χ2n) is 6.17. The second kappa shape index (κ2) is 5.50. The minimum absolute atomic E-state index is 0.286.